The zero-order valence-electron chi connectivity index (χ0n) is 38.7. The van der Waals surface area contributed by atoms with Gasteiger partial charge in [0.05, 0.1) is 33.5 Å². The summed E-state index contributed by atoms with van der Waals surface area (Å²) in [5, 5.41) is 14.9. The number of aliphatic hydroxyl groups is 1. The van der Waals surface area contributed by atoms with Crippen LogP contribution in [0.1, 0.15) is 73.2 Å². The van der Waals surface area contributed by atoms with E-state index in [4.69, 9.17) is 28.4 Å². The Balaban J connectivity index is 0.000000270. The average molecular weight is 915 g/mol. The molecule has 8 rings (SSSR count). The van der Waals surface area contributed by atoms with E-state index < -0.39 is 18.0 Å². The van der Waals surface area contributed by atoms with Gasteiger partial charge in [0.15, 0.2) is 0 Å². The van der Waals surface area contributed by atoms with Crippen LogP contribution < -0.4 is 19.5 Å². The molecule has 0 amide bonds. The fourth-order valence-corrected chi connectivity index (χ4v) is 7.44. The number of hydrogen-bond acceptors (Lipinski definition) is 11. The standard InChI is InChI=1S/C40H42N2O5.C17H16O4/c1-3-46-36-21-19-35(20-22-36)41-34-17-14-30(15-18-34)24-25-42(27-31-10-6-4-7-11-31)28-38(43)33-16-23-39(37(26-33)40(44)45-2)47-29-32-12-8-5-9-13-32;1-19-17(18)14-9-13(16-11-21-16)7-8-15(14)20-10-12-5-3-2-4-6-12/h4-23,26,38,41,43H,3,24-25,27-29H2,1-2H3;2-9,16H,10-11H2,1H3/t38-;16-/m00/s1. The van der Waals surface area contributed by atoms with E-state index in [9.17, 15) is 14.7 Å². The van der Waals surface area contributed by atoms with E-state index in [-0.39, 0.29) is 11.7 Å². The highest BCUT2D eigenvalue weighted by molar-refractivity contribution is 5.93. The lowest BCUT2D eigenvalue weighted by Crippen LogP contribution is -2.30. The Labute approximate surface area is 398 Å². The summed E-state index contributed by atoms with van der Waals surface area (Å²) in [6, 6.07) is 56.9. The molecule has 0 saturated carbocycles. The summed E-state index contributed by atoms with van der Waals surface area (Å²) in [6.45, 7) is 5.84. The summed E-state index contributed by atoms with van der Waals surface area (Å²) >= 11 is 0. The van der Waals surface area contributed by atoms with Crippen LogP contribution in [0.4, 0.5) is 11.4 Å². The number of hydrogen-bond donors (Lipinski definition) is 2. The summed E-state index contributed by atoms with van der Waals surface area (Å²) < 4.78 is 32.4. The largest absolute Gasteiger partial charge is 0.494 e. The van der Waals surface area contributed by atoms with Crippen LogP contribution in [0.2, 0.25) is 0 Å². The van der Waals surface area contributed by atoms with Crippen molar-refractivity contribution >= 4 is 23.3 Å². The van der Waals surface area contributed by atoms with Crippen LogP contribution >= 0.6 is 0 Å². The number of methoxy groups -OCH3 is 2. The maximum Gasteiger partial charge on any atom is 0.341 e. The molecule has 7 aromatic rings. The van der Waals surface area contributed by atoms with Gasteiger partial charge in [0, 0.05) is 31.0 Å². The molecule has 0 bridgehead atoms. The molecule has 1 heterocycles. The second-order valence-electron chi connectivity index (χ2n) is 16.1. The fourth-order valence-electron chi connectivity index (χ4n) is 7.44. The van der Waals surface area contributed by atoms with Crippen LogP contribution in [-0.2, 0) is 40.4 Å². The number of carbonyl (C=O) groups excluding carboxylic acids is 2. The van der Waals surface area contributed by atoms with Crippen molar-refractivity contribution in [3.05, 3.63) is 220 Å². The van der Waals surface area contributed by atoms with Gasteiger partial charge in [-0.2, -0.15) is 0 Å². The van der Waals surface area contributed by atoms with Gasteiger partial charge < -0.3 is 38.8 Å². The first-order valence-electron chi connectivity index (χ1n) is 22.7. The van der Waals surface area contributed by atoms with E-state index in [2.05, 4.69) is 46.6 Å². The maximum absolute atomic E-state index is 12.7. The van der Waals surface area contributed by atoms with Gasteiger partial charge in [-0.15, -0.1) is 0 Å². The van der Waals surface area contributed by atoms with Crippen LogP contribution in [0.3, 0.4) is 0 Å². The van der Waals surface area contributed by atoms with Crippen LogP contribution in [0.5, 0.6) is 17.2 Å². The molecule has 0 aromatic heterocycles. The first-order chi connectivity index (χ1) is 33.3. The van der Waals surface area contributed by atoms with Crippen molar-refractivity contribution in [2.24, 2.45) is 0 Å². The van der Waals surface area contributed by atoms with Gasteiger partial charge in [0.1, 0.15) is 47.7 Å². The lowest BCUT2D eigenvalue weighted by Gasteiger charge is -2.26. The zero-order chi connectivity index (χ0) is 47.5. The van der Waals surface area contributed by atoms with Crippen molar-refractivity contribution in [2.75, 3.05) is 45.8 Å². The van der Waals surface area contributed by atoms with E-state index in [1.807, 2.05) is 122 Å². The highest BCUT2D eigenvalue weighted by Crippen LogP contribution is 2.33. The van der Waals surface area contributed by atoms with Gasteiger partial charge in [0.25, 0.3) is 0 Å². The van der Waals surface area contributed by atoms with Gasteiger partial charge in [-0.25, -0.2) is 9.59 Å². The third kappa shape index (κ3) is 14.5. The minimum atomic E-state index is -0.828. The SMILES string of the molecule is CCOc1ccc(Nc2ccc(CCN(Cc3ccccc3)C[C@H](O)c3ccc(OCc4ccccc4)c(C(=O)OC)c3)cc2)cc1.COC(=O)c1cc([C@@H]2CO2)ccc1OCc1ccccc1. The van der Waals surface area contributed by atoms with E-state index in [1.165, 1.54) is 19.8 Å². The number of aliphatic hydroxyl groups excluding tert-OH is 1. The van der Waals surface area contributed by atoms with Crippen molar-refractivity contribution in [1.82, 2.24) is 4.90 Å². The first kappa shape index (κ1) is 48.5. The molecule has 11 nitrogen and oxygen atoms in total. The minimum Gasteiger partial charge on any atom is -0.494 e. The summed E-state index contributed by atoms with van der Waals surface area (Å²) in [5.41, 5.74) is 8.71. The van der Waals surface area contributed by atoms with Crippen LogP contribution in [-0.4, -0.2) is 62.5 Å². The molecule has 2 atom stereocenters. The van der Waals surface area contributed by atoms with Crippen molar-refractivity contribution in [3.8, 4) is 17.2 Å². The average Bonchev–Trinajstić information content (AvgIpc) is 4.25. The van der Waals surface area contributed by atoms with E-state index in [1.54, 1.807) is 24.3 Å². The van der Waals surface area contributed by atoms with Crippen LogP contribution in [0.25, 0.3) is 0 Å². The van der Waals surface area contributed by atoms with Crippen molar-refractivity contribution in [3.63, 3.8) is 0 Å². The summed E-state index contributed by atoms with van der Waals surface area (Å²) in [6.07, 6.45) is 0.0744. The normalized spacial score (nSPS) is 13.0. The number of nitrogens with zero attached hydrogens (tertiary/aromatic N) is 1. The Hall–Kier alpha value is -7.44. The Kier molecular flexibility index (Phi) is 17.8. The van der Waals surface area contributed by atoms with Gasteiger partial charge in [-0.05, 0) is 107 Å². The summed E-state index contributed by atoms with van der Waals surface area (Å²) in [5.74, 6) is 0.880. The molecule has 1 fully saturated rings. The third-order valence-corrected chi connectivity index (χ3v) is 11.2. The molecule has 11 heteroatoms. The van der Waals surface area contributed by atoms with Gasteiger partial charge in [-0.3, -0.25) is 4.90 Å². The van der Waals surface area contributed by atoms with Gasteiger partial charge in [0.2, 0.25) is 0 Å². The quantitative estimate of drug-likeness (QED) is 0.0528. The topological polar surface area (TPSA) is 128 Å². The highest BCUT2D eigenvalue weighted by Gasteiger charge is 2.27. The van der Waals surface area contributed by atoms with E-state index >= 15 is 0 Å². The van der Waals surface area contributed by atoms with Gasteiger partial charge in [-0.1, -0.05) is 115 Å². The van der Waals surface area contributed by atoms with Crippen molar-refractivity contribution < 1.29 is 43.1 Å². The predicted octanol–water partition coefficient (Wildman–Crippen LogP) is 11.1. The third-order valence-electron chi connectivity index (χ3n) is 11.2. The lowest BCUT2D eigenvalue weighted by molar-refractivity contribution is 0.0585. The van der Waals surface area contributed by atoms with E-state index in [0.717, 1.165) is 52.3 Å². The van der Waals surface area contributed by atoms with E-state index in [0.29, 0.717) is 62.1 Å². The molecule has 0 unspecified atom stereocenters. The monoisotopic (exact) mass is 914 g/mol. The second kappa shape index (κ2) is 24.9. The molecule has 1 aliphatic rings. The van der Waals surface area contributed by atoms with Crippen LogP contribution in [0.15, 0.2) is 176 Å². The van der Waals surface area contributed by atoms with Crippen molar-refractivity contribution in [1.29, 1.82) is 0 Å². The lowest BCUT2D eigenvalue weighted by atomic mass is 10.0. The predicted molar refractivity (Wildman–Crippen MR) is 264 cm³/mol. The molecule has 0 spiro atoms. The smallest absolute Gasteiger partial charge is 0.341 e. The molecular weight excluding hydrogens is 857 g/mol. The Morgan fingerprint density at radius 2 is 1.15 bits per heavy atom. The number of anilines is 2. The number of epoxide rings is 1. The number of ether oxygens (including phenoxy) is 6. The van der Waals surface area contributed by atoms with Gasteiger partial charge >= 0.3 is 11.9 Å². The molecule has 0 aliphatic carbocycles. The molecule has 1 saturated heterocycles. The Bertz CT molecular complexity index is 2640. The molecule has 7 aromatic carbocycles. The minimum absolute atomic E-state index is 0.0941. The molecule has 350 valence electrons. The Morgan fingerprint density at radius 3 is 1.68 bits per heavy atom. The summed E-state index contributed by atoms with van der Waals surface area (Å²) in [4.78, 5) is 26.8. The highest BCUT2D eigenvalue weighted by atomic mass is 16.6. The number of nitrogens with one attached hydrogen (secondary N) is 1. The maximum atomic E-state index is 12.7. The zero-order valence-corrected chi connectivity index (χ0v) is 38.7. The first-order valence-corrected chi connectivity index (χ1v) is 22.7. The number of rotatable bonds is 21. The molecule has 1 aliphatic heterocycles. The molecule has 0 radical (unpaired) electrons. The second-order valence-corrected chi connectivity index (χ2v) is 16.1. The molecule has 2 N–H and O–H groups in total. The summed E-state index contributed by atoms with van der Waals surface area (Å²) in [7, 11) is 2.71. The number of esters is 2. The number of carbonyl (C=O) groups is 2. The molecule has 68 heavy (non-hydrogen) atoms. The Morgan fingerprint density at radius 1 is 0.632 bits per heavy atom. The molecular formula is C57H58N2O9. The van der Waals surface area contributed by atoms with Crippen LogP contribution in [0, 0.1) is 0 Å². The fraction of sp³-hybridized carbons (Fsp3) is 0.228. The number of benzene rings is 7. The van der Waals surface area contributed by atoms with Crippen molar-refractivity contribution in [2.45, 2.75) is 45.3 Å².